The van der Waals surface area contributed by atoms with Crippen LogP contribution in [0, 0.1) is 0 Å². The van der Waals surface area contributed by atoms with Crippen LogP contribution in [0.2, 0.25) is 0 Å². The number of aliphatic hydroxyl groups excluding tert-OH is 1. The number of rotatable bonds is 3. The van der Waals surface area contributed by atoms with E-state index in [0.717, 1.165) is 0 Å². The van der Waals surface area contributed by atoms with E-state index in [1.165, 1.54) is 6.20 Å². The highest BCUT2D eigenvalue weighted by molar-refractivity contribution is 4.98. The molecule has 3 N–H and O–H groups in total. The van der Waals surface area contributed by atoms with Gasteiger partial charge in [0.15, 0.2) is 0 Å². The van der Waals surface area contributed by atoms with Gasteiger partial charge in [0.1, 0.15) is 6.10 Å². The monoisotopic (exact) mass is 156 g/mol. The summed E-state index contributed by atoms with van der Waals surface area (Å²) in [6, 6.07) is 0. The van der Waals surface area contributed by atoms with Crippen LogP contribution >= 0.6 is 0 Å². The van der Waals surface area contributed by atoms with Gasteiger partial charge in [-0.05, 0) is 6.92 Å². The molecule has 5 nitrogen and oxygen atoms in total. The van der Waals surface area contributed by atoms with Crippen molar-refractivity contribution in [3.8, 4) is 0 Å². The summed E-state index contributed by atoms with van der Waals surface area (Å²) < 4.78 is 1.62. The first-order valence-electron chi connectivity index (χ1n) is 3.56. The largest absolute Gasteiger partial charge is 0.385 e. The molecular weight excluding hydrogens is 144 g/mol. The van der Waals surface area contributed by atoms with Crippen LogP contribution in [-0.4, -0.2) is 26.6 Å². The fourth-order valence-corrected chi connectivity index (χ4v) is 0.890. The molecule has 1 heterocycles. The molecule has 0 bridgehead atoms. The lowest BCUT2D eigenvalue weighted by Gasteiger charge is -2.07. The number of aliphatic hydroxyl groups is 1. The Bertz CT molecular complexity index is 222. The molecule has 0 saturated carbocycles. The van der Waals surface area contributed by atoms with Crippen LogP contribution in [0.5, 0.6) is 0 Å². The summed E-state index contributed by atoms with van der Waals surface area (Å²) in [7, 11) is 0. The summed E-state index contributed by atoms with van der Waals surface area (Å²) in [6.07, 6.45) is 0.881. The van der Waals surface area contributed by atoms with Crippen LogP contribution in [0.25, 0.3) is 0 Å². The van der Waals surface area contributed by atoms with Gasteiger partial charge in [0, 0.05) is 13.1 Å². The van der Waals surface area contributed by atoms with Crippen molar-refractivity contribution in [2.75, 3.05) is 6.54 Å². The van der Waals surface area contributed by atoms with E-state index in [9.17, 15) is 5.11 Å². The minimum Gasteiger partial charge on any atom is -0.385 e. The van der Waals surface area contributed by atoms with Crippen molar-refractivity contribution >= 4 is 0 Å². The minimum atomic E-state index is -0.648. The summed E-state index contributed by atoms with van der Waals surface area (Å²) in [5, 5.41) is 16.7. The van der Waals surface area contributed by atoms with Gasteiger partial charge in [-0.1, -0.05) is 5.21 Å². The lowest BCUT2D eigenvalue weighted by atomic mass is 10.3. The van der Waals surface area contributed by atoms with Crippen LogP contribution in [0.3, 0.4) is 0 Å². The summed E-state index contributed by atoms with van der Waals surface area (Å²) in [4.78, 5) is 0. The van der Waals surface area contributed by atoms with Gasteiger partial charge in [0.05, 0.1) is 11.9 Å². The second-order valence-electron chi connectivity index (χ2n) is 2.23. The highest BCUT2D eigenvalue weighted by atomic mass is 16.3. The fourth-order valence-electron chi connectivity index (χ4n) is 0.890. The number of aromatic nitrogens is 3. The Morgan fingerprint density at radius 2 is 2.55 bits per heavy atom. The molecule has 0 aliphatic rings. The summed E-state index contributed by atoms with van der Waals surface area (Å²) in [5.41, 5.74) is 5.94. The number of aryl methyl sites for hydroxylation is 1. The predicted molar refractivity (Wildman–Crippen MR) is 39.7 cm³/mol. The first kappa shape index (κ1) is 8.16. The van der Waals surface area contributed by atoms with Gasteiger partial charge in [-0.15, -0.1) is 5.10 Å². The second-order valence-corrected chi connectivity index (χ2v) is 2.23. The van der Waals surface area contributed by atoms with E-state index in [-0.39, 0.29) is 6.54 Å². The van der Waals surface area contributed by atoms with Crippen molar-refractivity contribution in [2.45, 2.75) is 19.6 Å². The predicted octanol–water partition coefficient (Wildman–Crippen LogP) is -0.710. The Morgan fingerprint density at radius 3 is 3.09 bits per heavy atom. The van der Waals surface area contributed by atoms with Gasteiger partial charge in [-0.25, -0.2) is 4.68 Å². The maximum Gasteiger partial charge on any atom is 0.109 e. The molecular formula is C6H12N4O. The van der Waals surface area contributed by atoms with E-state index in [2.05, 4.69) is 10.3 Å². The molecule has 11 heavy (non-hydrogen) atoms. The Labute approximate surface area is 64.8 Å². The number of hydrogen-bond acceptors (Lipinski definition) is 4. The molecule has 1 atom stereocenters. The molecule has 0 fully saturated rings. The molecule has 0 aliphatic carbocycles. The Morgan fingerprint density at radius 1 is 1.82 bits per heavy atom. The van der Waals surface area contributed by atoms with Crippen LogP contribution < -0.4 is 5.73 Å². The Hall–Kier alpha value is -0.940. The van der Waals surface area contributed by atoms with Crippen LogP contribution in [0.1, 0.15) is 18.7 Å². The average molecular weight is 156 g/mol. The second kappa shape index (κ2) is 3.45. The molecule has 1 aromatic rings. The molecule has 0 aliphatic heterocycles. The van der Waals surface area contributed by atoms with E-state index >= 15 is 0 Å². The molecule has 0 saturated heterocycles. The van der Waals surface area contributed by atoms with Gasteiger partial charge >= 0.3 is 0 Å². The van der Waals surface area contributed by atoms with Crippen molar-refractivity contribution in [1.29, 1.82) is 0 Å². The normalized spacial score (nSPS) is 13.4. The first-order valence-corrected chi connectivity index (χ1v) is 3.56. The lowest BCUT2D eigenvalue weighted by Crippen LogP contribution is -2.16. The third-order valence-corrected chi connectivity index (χ3v) is 1.51. The maximum absolute atomic E-state index is 9.30. The van der Waals surface area contributed by atoms with Gasteiger partial charge in [0.25, 0.3) is 0 Å². The standard InChI is InChI=1S/C6H12N4O/c1-2-10-5(4-8-9-10)6(11)3-7/h4,6,11H,2-3,7H2,1H3. The maximum atomic E-state index is 9.30. The van der Waals surface area contributed by atoms with Gasteiger partial charge < -0.3 is 10.8 Å². The Kier molecular flexibility index (Phi) is 2.56. The van der Waals surface area contributed by atoms with E-state index in [0.29, 0.717) is 12.2 Å². The molecule has 1 rings (SSSR count). The zero-order valence-electron chi connectivity index (χ0n) is 6.44. The van der Waals surface area contributed by atoms with Crippen LogP contribution in [-0.2, 0) is 6.54 Å². The highest BCUT2D eigenvalue weighted by Gasteiger charge is 2.10. The lowest BCUT2D eigenvalue weighted by molar-refractivity contribution is 0.175. The molecule has 62 valence electrons. The van der Waals surface area contributed by atoms with Crippen molar-refractivity contribution in [3.05, 3.63) is 11.9 Å². The van der Waals surface area contributed by atoms with E-state index in [1.807, 2.05) is 6.92 Å². The molecule has 0 aromatic carbocycles. The average Bonchev–Trinajstić information content (AvgIpc) is 2.50. The van der Waals surface area contributed by atoms with Gasteiger partial charge in [-0.2, -0.15) is 0 Å². The minimum absolute atomic E-state index is 0.202. The highest BCUT2D eigenvalue weighted by Crippen LogP contribution is 2.07. The molecule has 0 spiro atoms. The van der Waals surface area contributed by atoms with Crippen LogP contribution in [0.15, 0.2) is 6.20 Å². The smallest absolute Gasteiger partial charge is 0.109 e. The zero-order valence-corrected chi connectivity index (χ0v) is 6.44. The quantitative estimate of drug-likeness (QED) is 0.606. The topological polar surface area (TPSA) is 77.0 Å². The number of nitrogens with zero attached hydrogens (tertiary/aromatic N) is 3. The van der Waals surface area contributed by atoms with Crippen molar-refractivity contribution in [2.24, 2.45) is 5.73 Å². The van der Waals surface area contributed by atoms with Crippen LogP contribution in [0.4, 0.5) is 0 Å². The third kappa shape index (κ3) is 1.55. The molecule has 0 amide bonds. The molecule has 5 heteroatoms. The van der Waals surface area contributed by atoms with Gasteiger partial charge in [-0.3, -0.25) is 0 Å². The van der Waals surface area contributed by atoms with Gasteiger partial charge in [0.2, 0.25) is 0 Å². The number of hydrogen-bond donors (Lipinski definition) is 2. The molecule has 0 radical (unpaired) electrons. The molecule has 1 aromatic heterocycles. The fraction of sp³-hybridized carbons (Fsp3) is 0.667. The SMILES string of the molecule is CCn1nncc1C(O)CN. The number of nitrogens with two attached hydrogens (primary N) is 1. The molecule has 1 unspecified atom stereocenters. The summed E-state index contributed by atoms with van der Waals surface area (Å²) in [6.45, 7) is 2.83. The van der Waals surface area contributed by atoms with E-state index < -0.39 is 6.10 Å². The van der Waals surface area contributed by atoms with Crippen molar-refractivity contribution in [1.82, 2.24) is 15.0 Å². The third-order valence-electron chi connectivity index (χ3n) is 1.51. The first-order chi connectivity index (χ1) is 5.29. The van der Waals surface area contributed by atoms with E-state index in [1.54, 1.807) is 4.68 Å². The summed E-state index contributed by atoms with van der Waals surface area (Å²) >= 11 is 0. The zero-order chi connectivity index (χ0) is 8.27. The summed E-state index contributed by atoms with van der Waals surface area (Å²) in [5.74, 6) is 0. The van der Waals surface area contributed by atoms with Crippen molar-refractivity contribution in [3.63, 3.8) is 0 Å². The van der Waals surface area contributed by atoms with E-state index in [4.69, 9.17) is 5.73 Å². The Balaban J connectivity index is 2.83. The van der Waals surface area contributed by atoms with Crippen molar-refractivity contribution < 1.29 is 5.11 Å².